The minimum atomic E-state index is -0.131. The minimum absolute atomic E-state index is 0.110. The predicted molar refractivity (Wildman–Crippen MR) is 87.6 cm³/mol. The van der Waals surface area contributed by atoms with Crippen LogP contribution in [0.4, 0.5) is 0 Å². The molecule has 0 fully saturated rings. The molecule has 0 bridgehead atoms. The maximum Gasteiger partial charge on any atom is 0.226 e. The topological polar surface area (TPSA) is 65.3 Å². The fraction of sp³-hybridized carbons (Fsp3) is 0.417. The van der Waals surface area contributed by atoms with Crippen molar-refractivity contribution in [2.45, 2.75) is 26.2 Å². The highest BCUT2D eigenvalue weighted by Gasteiger charge is 2.10. The molecule has 1 heterocycles. The molecule has 0 radical (unpaired) electrons. The van der Waals surface area contributed by atoms with E-state index in [-0.39, 0.29) is 11.1 Å². The van der Waals surface area contributed by atoms with E-state index in [9.17, 15) is 4.79 Å². The highest BCUT2D eigenvalue weighted by Crippen LogP contribution is 2.28. The van der Waals surface area contributed by atoms with E-state index in [1.165, 1.54) is 16.0 Å². The zero-order chi connectivity index (χ0) is 14.3. The molecule has 0 saturated carbocycles. The first-order chi connectivity index (χ1) is 9.06. The summed E-state index contributed by atoms with van der Waals surface area (Å²) in [5, 5.41) is 10.2. The third-order valence-corrected chi connectivity index (χ3v) is 4.75. The van der Waals surface area contributed by atoms with Gasteiger partial charge in [-0.2, -0.15) is 0 Å². The zero-order valence-electron chi connectivity index (χ0n) is 10.8. The molecule has 1 amide bonds. The number of carbonyl (C=O) groups excluding carboxylic acids is 1. The molecule has 104 valence electrons. The summed E-state index contributed by atoms with van der Waals surface area (Å²) in [6.07, 6.45) is 2.08. The molecule has 0 aliphatic rings. The summed E-state index contributed by atoms with van der Waals surface area (Å²) in [5.74, 6) is -0.131. The van der Waals surface area contributed by atoms with Crippen molar-refractivity contribution in [3.63, 3.8) is 0 Å². The number of aliphatic imine (C=N–C) groups is 1. The average molecular weight is 362 g/mol. The van der Waals surface area contributed by atoms with Crippen molar-refractivity contribution in [1.29, 1.82) is 5.41 Å². The van der Waals surface area contributed by atoms with Crippen LogP contribution in [0.25, 0.3) is 0 Å². The maximum absolute atomic E-state index is 11.7. The number of hydrogen-bond donors (Lipinski definition) is 2. The number of carbonyl (C=O) groups is 1. The van der Waals surface area contributed by atoms with Gasteiger partial charge in [-0.05, 0) is 52.2 Å². The molecular formula is C12H16BrN3OS2. The lowest BCUT2D eigenvalue weighted by atomic mass is 10.1. The molecule has 0 spiro atoms. The number of nitrogens with one attached hydrogen (secondary N) is 2. The van der Waals surface area contributed by atoms with Crippen LogP contribution in [0, 0.1) is 5.41 Å². The fourth-order valence-corrected chi connectivity index (χ4v) is 3.71. The SMILES string of the molecule is CCc1cc(Br)sc1CCC(=O)NC(=N)SC=NC. The van der Waals surface area contributed by atoms with Crippen molar-refractivity contribution >= 4 is 55.7 Å². The first-order valence-corrected chi connectivity index (χ1v) is 8.28. The summed E-state index contributed by atoms with van der Waals surface area (Å²) in [6, 6.07) is 2.10. The average Bonchev–Trinajstić information content (AvgIpc) is 2.74. The van der Waals surface area contributed by atoms with Gasteiger partial charge < -0.3 is 5.32 Å². The number of thioether (sulfide) groups is 1. The maximum atomic E-state index is 11.7. The molecule has 0 atom stereocenters. The van der Waals surface area contributed by atoms with E-state index in [0.717, 1.165) is 22.0 Å². The Morgan fingerprint density at radius 1 is 1.68 bits per heavy atom. The number of halogens is 1. The molecule has 1 aromatic heterocycles. The Hall–Kier alpha value is -0.660. The van der Waals surface area contributed by atoms with Gasteiger partial charge in [-0.1, -0.05) is 6.92 Å². The highest BCUT2D eigenvalue weighted by molar-refractivity contribution is 9.11. The molecule has 0 aromatic carbocycles. The van der Waals surface area contributed by atoms with E-state index >= 15 is 0 Å². The monoisotopic (exact) mass is 361 g/mol. The van der Waals surface area contributed by atoms with Gasteiger partial charge in [-0.25, -0.2) is 0 Å². The molecule has 4 nitrogen and oxygen atoms in total. The molecule has 0 saturated heterocycles. The second-order valence-electron chi connectivity index (χ2n) is 3.71. The smallest absolute Gasteiger partial charge is 0.226 e. The third-order valence-electron chi connectivity index (χ3n) is 2.36. The molecule has 1 aromatic rings. The molecule has 0 unspecified atom stereocenters. The van der Waals surface area contributed by atoms with Crippen LogP contribution < -0.4 is 5.32 Å². The zero-order valence-corrected chi connectivity index (χ0v) is 14.0. The summed E-state index contributed by atoms with van der Waals surface area (Å²) < 4.78 is 1.10. The number of nitrogens with zero attached hydrogens (tertiary/aromatic N) is 1. The summed E-state index contributed by atoms with van der Waals surface area (Å²) in [7, 11) is 1.63. The summed E-state index contributed by atoms with van der Waals surface area (Å²) in [5.41, 5.74) is 2.81. The Morgan fingerprint density at radius 3 is 3.05 bits per heavy atom. The normalized spacial score (nSPS) is 10.9. The summed E-state index contributed by atoms with van der Waals surface area (Å²) in [4.78, 5) is 16.7. The van der Waals surface area contributed by atoms with E-state index in [1.54, 1.807) is 18.4 Å². The molecular weight excluding hydrogens is 346 g/mol. The molecule has 2 N–H and O–H groups in total. The standard InChI is InChI=1S/C12H16BrN3OS2/c1-3-8-6-10(13)19-9(8)4-5-11(17)16-12(14)18-7-15-2/h6-7H,3-5H2,1-2H3,(H2,14,16,17). The van der Waals surface area contributed by atoms with Gasteiger partial charge in [-0.3, -0.25) is 15.2 Å². The van der Waals surface area contributed by atoms with E-state index in [4.69, 9.17) is 5.41 Å². The van der Waals surface area contributed by atoms with Gasteiger partial charge in [0.25, 0.3) is 0 Å². The Morgan fingerprint density at radius 2 is 2.42 bits per heavy atom. The minimum Gasteiger partial charge on any atom is -0.305 e. The lowest BCUT2D eigenvalue weighted by Gasteiger charge is -2.04. The van der Waals surface area contributed by atoms with E-state index in [1.807, 2.05) is 0 Å². The highest BCUT2D eigenvalue weighted by atomic mass is 79.9. The lowest BCUT2D eigenvalue weighted by molar-refractivity contribution is -0.119. The quantitative estimate of drug-likeness (QED) is 0.622. The van der Waals surface area contributed by atoms with Crippen LogP contribution in [0.2, 0.25) is 0 Å². The van der Waals surface area contributed by atoms with Crippen LogP contribution in [0.1, 0.15) is 23.8 Å². The van der Waals surface area contributed by atoms with Crippen molar-refractivity contribution in [1.82, 2.24) is 5.32 Å². The third kappa shape index (κ3) is 5.88. The van der Waals surface area contributed by atoms with Gasteiger partial charge in [0.15, 0.2) is 5.17 Å². The van der Waals surface area contributed by atoms with Gasteiger partial charge in [-0.15, -0.1) is 11.3 Å². The van der Waals surface area contributed by atoms with Crippen LogP contribution in [0.15, 0.2) is 14.8 Å². The lowest BCUT2D eigenvalue weighted by Crippen LogP contribution is -2.27. The van der Waals surface area contributed by atoms with E-state index in [0.29, 0.717) is 12.8 Å². The van der Waals surface area contributed by atoms with Crippen LogP contribution >= 0.6 is 39.0 Å². The Kier molecular flexibility index (Phi) is 7.33. The largest absolute Gasteiger partial charge is 0.305 e. The van der Waals surface area contributed by atoms with Crippen molar-refractivity contribution < 1.29 is 4.79 Å². The molecule has 19 heavy (non-hydrogen) atoms. The number of aryl methyl sites for hydroxylation is 2. The van der Waals surface area contributed by atoms with Crippen molar-refractivity contribution in [2.24, 2.45) is 4.99 Å². The van der Waals surface area contributed by atoms with E-state index in [2.05, 4.69) is 39.2 Å². The molecule has 0 aliphatic carbocycles. The van der Waals surface area contributed by atoms with Gasteiger partial charge >= 0.3 is 0 Å². The number of hydrogen-bond acceptors (Lipinski definition) is 5. The van der Waals surface area contributed by atoms with Crippen LogP contribution in [-0.2, 0) is 17.6 Å². The summed E-state index contributed by atoms with van der Waals surface area (Å²) in [6.45, 7) is 2.11. The molecule has 0 aliphatic heterocycles. The number of thiophene rings is 1. The molecule has 7 heteroatoms. The second-order valence-corrected chi connectivity index (χ2v) is 7.08. The van der Waals surface area contributed by atoms with Crippen LogP contribution in [0.3, 0.4) is 0 Å². The van der Waals surface area contributed by atoms with Gasteiger partial charge in [0, 0.05) is 18.3 Å². The fourth-order valence-electron chi connectivity index (χ4n) is 1.49. The summed E-state index contributed by atoms with van der Waals surface area (Å²) >= 11 is 6.23. The number of rotatable bonds is 5. The second kappa shape index (κ2) is 8.50. The van der Waals surface area contributed by atoms with Gasteiger partial charge in [0.2, 0.25) is 5.91 Å². The van der Waals surface area contributed by atoms with E-state index < -0.39 is 0 Å². The van der Waals surface area contributed by atoms with Crippen molar-refractivity contribution in [2.75, 3.05) is 7.05 Å². The van der Waals surface area contributed by atoms with Crippen LogP contribution in [-0.4, -0.2) is 23.7 Å². The molecule has 1 rings (SSSR count). The van der Waals surface area contributed by atoms with Gasteiger partial charge in [0.05, 0.1) is 9.33 Å². The van der Waals surface area contributed by atoms with Gasteiger partial charge in [0.1, 0.15) is 0 Å². The van der Waals surface area contributed by atoms with Crippen molar-refractivity contribution in [3.05, 3.63) is 20.3 Å². The number of amidine groups is 1. The first-order valence-electron chi connectivity index (χ1n) is 5.79. The Labute approximate surface area is 129 Å². The first kappa shape index (κ1) is 16.4. The Balaban J connectivity index is 2.43. The van der Waals surface area contributed by atoms with Crippen molar-refractivity contribution in [3.8, 4) is 0 Å². The van der Waals surface area contributed by atoms with Crippen LogP contribution in [0.5, 0.6) is 0 Å². The predicted octanol–water partition coefficient (Wildman–Crippen LogP) is 3.45. The Bertz CT molecular complexity index is 485. The number of amides is 1.